The molecule has 0 spiro atoms. The molecule has 0 N–H and O–H groups in total. The van der Waals surface area contributed by atoms with E-state index in [1.165, 1.54) is 0 Å². The lowest BCUT2D eigenvalue weighted by molar-refractivity contribution is -0.0163. The lowest BCUT2D eigenvalue weighted by atomic mass is 10.1. The number of rotatable bonds is 5. The van der Waals surface area contributed by atoms with Crippen LogP contribution in [-0.2, 0) is 4.74 Å². The van der Waals surface area contributed by atoms with Gasteiger partial charge in [-0.15, -0.1) is 0 Å². The average Bonchev–Trinajstić information content (AvgIpc) is 2.24. The Morgan fingerprint density at radius 3 is 2.47 bits per heavy atom. The van der Waals surface area contributed by atoms with E-state index in [2.05, 4.69) is 0 Å². The summed E-state index contributed by atoms with van der Waals surface area (Å²) >= 11 is 0. The molecule has 0 radical (unpaired) electrons. The van der Waals surface area contributed by atoms with E-state index in [0.29, 0.717) is 18.8 Å². The SMILES string of the molecule is Cc1cc(C=O)ccc1OCCOC(C)(C)C. The number of hydrogen-bond donors (Lipinski definition) is 0. The fraction of sp³-hybridized carbons (Fsp3) is 0.500. The van der Waals surface area contributed by atoms with E-state index in [4.69, 9.17) is 9.47 Å². The summed E-state index contributed by atoms with van der Waals surface area (Å²) in [6, 6.07) is 5.38. The maximum Gasteiger partial charge on any atom is 0.150 e. The molecule has 0 aromatic heterocycles. The molecule has 0 amide bonds. The first-order chi connectivity index (χ1) is 7.92. The standard InChI is InChI=1S/C14H20O3/c1-11-9-12(10-15)5-6-13(11)16-7-8-17-14(2,3)4/h5-6,9-10H,7-8H2,1-4H3. The first-order valence-corrected chi connectivity index (χ1v) is 5.75. The van der Waals surface area contributed by atoms with Gasteiger partial charge in [0.25, 0.3) is 0 Å². The molecular formula is C14H20O3. The first-order valence-electron chi connectivity index (χ1n) is 5.75. The number of aryl methyl sites for hydroxylation is 1. The van der Waals surface area contributed by atoms with Crippen LogP contribution in [0.4, 0.5) is 0 Å². The first kappa shape index (κ1) is 13.7. The third kappa shape index (κ3) is 5.00. The Bertz CT molecular complexity index is 378. The van der Waals surface area contributed by atoms with Crippen LogP contribution in [0.3, 0.4) is 0 Å². The molecule has 1 aromatic rings. The van der Waals surface area contributed by atoms with Crippen LogP contribution in [0.25, 0.3) is 0 Å². The van der Waals surface area contributed by atoms with Crippen molar-refractivity contribution in [3.8, 4) is 5.75 Å². The summed E-state index contributed by atoms with van der Waals surface area (Å²) in [6.45, 7) is 9.02. The maximum absolute atomic E-state index is 10.6. The molecule has 0 aliphatic heterocycles. The smallest absolute Gasteiger partial charge is 0.150 e. The minimum Gasteiger partial charge on any atom is -0.491 e. The number of hydrogen-bond acceptors (Lipinski definition) is 3. The van der Waals surface area contributed by atoms with Crippen LogP contribution < -0.4 is 4.74 Å². The molecule has 3 nitrogen and oxygen atoms in total. The Morgan fingerprint density at radius 2 is 1.94 bits per heavy atom. The van der Waals surface area contributed by atoms with E-state index in [0.717, 1.165) is 17.6 Å². The van der Waals surface area contributed by atoms with Crippen molar-refractivity contribution >= 4 is 6.29 Å². The molecule has 0 unspecified atom stereocenters. The molecule has 3 heteroatoms. The summed E-state index contributed by atoms with van der Waals surface area (Å²) in [5.41, 5.74) is 1.49. The number of ether oxygens (including phenoxy) is 2. The second-order valence-corrected chi connectivity index (χ2v) is 4.95. The molecule has 0 aliphatic carbocycles. The van der Waals surface area contributed by atoms with Crippen molar-refractivity contribution in [1.82, 2.24) is 0 Å². The molecule has 1 rings (SSSR count). The molecule has 0 saturated carbocycles. The van der Waals surface area contributed by atoms with Gasteiger partial charge in [-0.3, -0.25) is 4.79 Å². The third-order valence-electron chi connectivity index (χ3n) is 2.21. The zero-order chi connectivity index (χ0) is 12.9. The summed E-state index contributed by atoms with van der Waals surface area (Å²) in [4.78, 5) is 10.6. The van der Waals surface area contributed by atoms with Gasteiger partial charge < -0.3 is 9.47 Å². The fourth-order valence-corrected chi connectivity index (χ4v) is 1.41. The van der Waals surface area contributed by atoms with Crippen molar-refractivity contribution in [2.75, 3.05) is 13.2 Å². The largest absolute Gasteiger partial charge is 0.491 e. The number of aldehydes is 1. The summed E-state index contributed by atoms with van der Waals surface area (Å²) < 4.78 is 11.1. The van der Waals surface area contributed by atoms with Crippen LogP contribution >= 0.6 is 0 Å². The van der Waals surface area contributed by atoms with Crippen LogP contribution in [0.15, 0.2) is 18.2 Å². The van der Waals surface area contributed by atoms with Crippen molar-refractivity contribution < 1.29 is 14.3 Å². The van der Waals surface area contributed by atoms with E-state index >= 15 is 0 Å². The highest BCUT2D eigenvalue weighted by molar-refractivity contribution is 5.75. The summed E-state index contributed by atoms with van der Waals surface area (Å²) in [6.07, 6.45) is 0.833. The molecule has 0 fully saturated rings. The zero-order valence-electron chi connectivity index (χ0n) is 10.9. The predicted octanol–water partition coefficient (Wildman–Crippen LogP) is 3.00. The van der Waals surface area contributed by atoms with Crippen LogP contribution in [-0.4, -0.2) is 25.1 Å². The van der Waals surface area contributed by atoms with E-state index in [1.54, 1.807) is 6.07 Å². The Kier molecular flexibility index (Phi) is 4.70. The van der Waals surface area contributed by atoms with Crippen molar-refractivity contribution in [2.24, 2.45) is 0 Å². The van der Waals surface area contributed by atoms with Gasteiger partial charge in [0.15, 0.2) is 0 Å². The second kappa shape index (κ2) is 5.82. The topological polar surface area (TPSA) is 35.5 Å². The van der Waals surface area contributed by atoms with Gasteiger partial charge in [-0.05, 0) is 51.5 Å². The van der Waals surface area contributed by atoms with Gasteiger partial charge in [-0.25, -0.2) is 0 Å². The summed E-state index contributed by atoms with van der Waals surface area (Å²) in [7, 11) is 0. The minimum atomic E-state index is -0.139. The monoisotopic (exact) mass is 236 g/mol. The van der Waals surface area contributed by atoms with Gasteiger partial charge in [0.05, 0.1) is 12.2 Å². The zero-order valence-corrected chi connectivity index (χ0v) is 10.9. The van der Waals surface area contributed by atoms with Gasteiger partial charge in [-0.2, -0.15) is 0 Å². The van der Waals surface area contributed by atoms with Crippen molar-refractivity contribution in [3.63, 3.8) is 0 Å². The lowest BCUT2D eigenvalue weighted by Gasteiger charge is -2.19. The molecule has 0 aliphatic rings. The van der Waals surface area contributed by atoms with Gasteiger partial charge in [0.1, 0.15) is 18.6 Å². The van der Waals surface area contributed by atoms with Crippen molar-refractivity contribution in [1.29, 1.82) is 0 Å². The van der Waals surface area contributed by atoms with Crippen LogP contribution in [0, 0.1) is 6.92 Å². The molecular weight excluding hydrogens is 216 g/mol. The average molecular weight is 236 g/mol. The molecule has 94 valence electrons. The van der Waals surface area contributed by atoms with Crippen LogP contribution in [0.2, 0.25) is 0 Å². The number of benzene rings is 1. The highest BCUT2D eigenvalue weighted by Gasteiger charge is 2.09. The Hall–Kier alpha value is -1.35. The molecule has 17 heavy (non-hydrogen) atoms. The molecule has 0 atom stereocenters. The van der Waals surface area contributed by atoms with E-state index in [1.807, 2.05) is 39.8 Å². The summed E-state index contributed by atoms with van der Waals surface area (Å²) in [5.74, 6) is 0.799. The molecule has 0 bridgehead atoms. The number of carbonyl (C=O) groups excluding carboxylic acids is 1. The third-order valence-corrected chi connectivity index (χ3v) is 2.21. The normalized spacial score (nSPS) is 11.3. The van der Waals surface area contributed by atoms with Gasteiger partial charge >= 0.3 is 0 Å². The van der Waals surface area contributed by atoms with Gasteiger partial charge in [0, 0.05) is 5.56 Å². The van der Waals surface area contributed by atoms with Crippen LogP contribution in [0.1, 0.15) is 36.7 Å². The maximum atomic E-state index is 10.6. The minimum absolute atomic E-state index is 0.139. The fourth-order valence-electron chi connectivity index (χ4n) is 1.41. The summed E-state index contributed by atoms with van der Waals surface area (Å²) in [5, 5.41) is 0. The molecule has 0 saturated heterocycles. The highest BCUT2D eigenvalue weighted by Crippen LogP contribution is 2.18. The van der Waals surface area contributed by atoms with Crippen LogP contribution in [0.5, 0.6) is 5.75 Å². The molecule has 1 aromatic carbocycles. The number of carbonyl (C=O) groups is 1. The second-order valence-electron chi connectivity index (χ2n) is 4.95. The van der Waals surface area contributed by atoms with E-state index in [-0.39, 0.29) is 5.60 Å². The van der Waals surface area contributed by atoms with Gasteiger partial charge in [0.2, 0.25) is 0 Å². The Balaban J connectivity index is 2.44. The van der Waals surface area contributed by atoms with E-state index < -0.39 is 0 Å². The van der Waals surface area contributed by atoms with Crippen molar-refractivity contribution in [3.05, 3.63) is 29.3 Å². The molecule has 0 heterocycles. The van der Waals surface area contributed by atoms with Crippen molar-refractivity contribution in [2.45, 2.75) is 33.3 Å². The Labute approximate surface area is 103 Å². The van der Waals surface area contributed by atoms with E-state index in [9.17, 15) is 4.79 Å². The van der Waals surface area contributed by atoms with Gasteiger partial charge in [-0.1, -0.05) is 0 Å². The predicted molar refractivity (Wildman–Crippen MR) is 67.8 cm³/mol. The quantitative estimate of drug-likeness (QED) is 0.582. The highest BCUT2D eigenvalue weighted by atomic mass is 16.5. The lowest BCUT2D eigenvalue weighted by Crippen LogP contribution is -2.22. The Morgan fingerprint density at radius 1 is 1.24 bits per heavy atom.